The predicted molar refractivity (Wildman–Crippen MR) is 87.8 cm³/mol. The summed E-state index contributed by atoms with van der Waals surface area (Å²) in [6, 6.07) is 7.33. The lowest BCUT2D eigenvalue weighted by molar-refractivity contribution is 0.479. The lowest BCUT2D eigenvalue weighted by Crippen LogP contribution is -2.23. The molecule has 0 radical (unpaired) electrons. The highest BCUT2D eigenvalue weighted by molar-refractivity contribution is 5.20. The van der Waals surface area contributed by atoms with E-state index in [1.807, 2.05) is 12.1 Å². The molecule has 0 bridgehead atoms. The highest BCUT2D eigenvalue weighted by Gasteiger charge is 2.11. The van der Waals surface area contributed by atoms with Crippen LogP contribution in [0.4, 0.5) is 4.39 Å². The fourth-order valence-electron chi connectivity index (χ4n) is 3.03. The number of allylic oxidation sites excluding steroid dienone is 1. The molecule has 1 atom stereocenters. The van der Waals surface area contributed by atoms with E-state index in [0.29, 0.717) is 6.04 Å². The van der Waals surface area contributed by atoms with Gasteiger partial charge in [0.1, 0.15) is 5.82 Å². The zero-order chi connectivity index (χ0) is 14.9. The van der Waals surface area contributed by atoms with Gasteiger partial charge in [-0.15, -0.1) is 0 Å². The Labute approximate surface area is 128 Å². The Morgan fingerprint density at radius 3 is 2.67 bits per heavy atom. The molecule has 1 N–H and O–H groups in total. The molecular weight excluding hydrogens is 261 g/mol. The Morgan fingerprint density at radius 1 is 1.19 bits per heavy atom. The molecule has 0 aromatic heterocycles. The summed E-state index contributed by atoms with van der Waals surface area (Å²) in [7, 11) is 0. The van der Waals surface area contributed by atoms with E-state index in [9.17, 15) is 4.39 Å². The molecule has 1 aliphatic rings. The van der Waals surface area contributed by atoms with Crippen LogP contribution in [0, 0.1) is 5.82 Å². The second-order valence-corrected chi connectivity index (χ2v) is 6.06. The van der Waals surface area contributed by atoms with Crippen LogP contribution >= 0.6 is 0 Å². The minimum absolute atomic E-state index is 0.152. The van der Waals surface area contributed by atoms with Crippen LogP contribution in [-0.4, -0.2) is 6.54 Å². The van der Waals surface area contributed by atoms with E-state index in [1.54, 1.807) is 17.7 Å². The van der Waals surface area contributed by atoms with Crippen molar-refractivity contribution >= 4 is 0 Å². The van der Waals surface area contributed by atoms with Crippen molar-refractivity contribution in [1.82, 2.24) is 5.32 Å². The molecule has 0 saturated carbocycles. The molecular formula is C19H28FN. The minimum Gasteiger partial charge on any atom is -0.310 e. The fourth-order valence-corrected chi connectivity index (χ4v) is 3.03. The van der Waals surface area contributed by atoms with Gasteiger partial charge in [0.05, 0.1) is 0 Å². The van der Waals surface area contributed by atoms with Crippen LogP contribution in [0.2, 0.25) is 0 Å². The molecule has 116 valence electrons. The summed E-state index contributed by atoms with van der Waals surface area (Å²) in [4.78, 5) is 0. The van der Waals surface area contributed by atoms with Gasteiger partial charge in [-0.05, 0) is 62.8 Å². The first-order valence-electron chi connectivity index (χ1n) is 8.46. The van der Waals surface area contributed by atoms with Crippen LogP contribution in [0.15, 0.2) is 35.9 Å². The normalized spacial score (nSPS) is 16.6. The van der Waals surface area contributed by atoms with E-state index in [0.717, 1.165) is 19.4 Å². The van der Waals surface area contributed by atoms with Crippen LogP contribution < -0.4 is 5.32 Å². The first kappa shape index (κ1) is 16.2. The highest BCUT2D eigenvalue weighted by Crippen LogP contribution is 2.22. The largest absolute Gasteiger partial charge is 0.310 e. The Balaban J connectivity index is 1.86. The first-order chi connectivity index (χ1) is 10.3. The average Bonchev–Trinajstić information content (AvgIpc) is 2.53. The summed E-state index contributed by atoms with van der Waals surface area (Å²) in [5.74, 6) is -0.152. The third kappa shape index (κ3) is 5.62. The van der Waals surface area contributed by atoms with Crippen LogP contribution in [0.25, 0.3) is 0 Å². The van der Waals surface area contributed by atoms with Gasteiger partial charge < -0.3 is 5.32 Å². The number of nitrogens with one attached hydrogen (secondary N) is 1. The molecule has 0 amide bonds. The lowest BCUT2D eigenvalue weighted by Gasteiger charge is -2.20. The van der Waals surface area contributed by atoms with Crippen molar-refractivity contribution in [1.29, 1.82) is 0 Å². The average molecular weight is 289 g/mol. The number of benzene rings is 1. The Hall–Kier alpha value is -1.15. The van der Waals surface area contributed by atoms with Crippen molar-refractivity contribution in [3.8, 4) is 0 Å². The molecule has 2 heteroatoms. The van der Waals surface area contributed by atoms with E-state index < -0.39 is 0 Å². The van der Waals surface area contributed by atoms with E-state index in [4.69, 9.17) is 0 Å². The highest BCUT2D eigenvalue weighted by atomic mass is 19.1. The summed E-state index contributed by atoms with van der Waals surface area (Å²) in [6.45, 7) is 3.24. The molecule has 0 spiro atoms. The molecule has 0 heterocycles. The zero-order valence-electron chi connectivity index (χ0n) is 13.2. The SMILES string of the molecule is CCCCC(NCCC1=CCCCC1)c1ccc(F)cc1. The zero-order valence-corrected chi connectivity index (χ0v) is 13.2. The molecule has 0 saturated heterocycles. The van der Waals surface area contributed by atoms with Crippen molar-refractivity contribution in [3.05, 3.63) is 47.3 Å². The molecule has 1 aromatic rings. The van der Waals surface area contributed by atoms with Crippen LogP contribution in [0.3, 0.4) is 0 Å². The number of halogens is 1. The third-order valence-corrected chi connectivity index (χ3v) is 4.34. The maximum Gasteiger partial charge on any atom is 0.123 e. The maximum absolute atomic E-state index is 13.1. The number of hydrogen-bond acceptors (Lipinski definition) is 1. The number of hydrogen-bond donors (Lipinski definition) is 1. The summed E-state index contributed by atoms with van der Waals surface area (Å²) < 4.78 is 13.1. The molecule has 0 fully saturated rings. The van der Waals surface area contributed by atoms with Crippen molar-refractivity contribution in [2.24, 2.45) is 0 Å². The lowest BCUT2D eigenvalue weighted by atomic mass is 9.96. The van der Waals surface area contributed by atoms with Crippen molar-refractivity contribution in [2.75, 3.05) is 6.54 Å². The van der Waals surface area contributed by atoms with E-state index >= 15 is 0 Å². The van der Waals surface area contributed by atoms with Crippen molar-refractivity contribution in [2.45, 2.75) is 64.3 Å². The van der Waals surface area contributed by atoms with Gasteiger partial charge in [-0.3, -0.25) is 0 Å². The molecule has 1 aliphatic carbocycles. The van der Waals surface area contributed by atoms with Gasteiger partial charge in [-0.1, -0.05) is 43.5 Å². The number of rotatable bonds is 8. The van der Waals surface area contributed by atoms with E-state index in [1.165, 1.54) is 44.1 Å². The fraction of sp³-hybridized carbons (Fsp3) is 0.579. The molecule has 1 unspecified atom stereocenters. The molecule has 1 nitrogen and oxygen atoms in total. The number of unbranched alkanes of at least 4 members (excludes halogenated alkanes) is 1. The second kappa shape index (κ2) is 8.99. The second-order valence-electron chi connectivity index (χ2n) is 6.06. The quantitative estimate of drug-likeness (QED) is 0.620. The van der Waals surface area contributed by atoms with Crippen LogP contribution in [-0.2, 0) is 0 Å². The van der Waals surface area contributed by atoms with Gasteiger partial charge in [0.25, 0.3) is 0 Å². The monoisotopic (exact) mass is 289 g/mol. The maximum atomic E-state index is 13.1. The standard InChI is InChI=1S/C19H28FN/c1-2-3-9-19(17-10-12-18(20)13-11-17)21-15-14-16-7-5-4-6-8-16/h7,10-13,19,21H,2-6,8-9,14-15H2,1H3. The van der Waals surface area contributed by atoms with E-state index in [-0.39, 0.29) is 5.82 Å². The Morgan fingerprint density at radius 2 is 2.00 bits per heavy atom. The van der Waals surface area contributed by atoms with Gasteiger partial charge in [0.15, 0.2) is 0 Å². The summed E-state index contributed by atoms with van der Waals surface area (Å²) in [6.07, 6.45) is 12.3. The summed E-state index contributed by atoms with van der Waals surface area (Å²) in [5.41, 5.74) is 2.82. The summed E-state index contributed by atoms with van der Waals surface area (Å²) in [5, 5.41) is 3.67. The van der Waals surface area contributed by atoms with Gasteiger partial charge >= 0.3 is 0 Å². The molecule has 0 aliphatic heterocycles. The Bertz CT molecular complexity index is 435. The van der Waals surface area contributed by atoms with E-state index in [2.05, 4.69) is 18.3 Å². The minimum atomic E-state index is -0.152. The van der Waals surface area contributed by atoms with Gasteiger partial charge in [-0.2, -0.15) is 0 Å². The topological polar surface area (TPSA) is 12.0 Å². The summed E-state index contributed by atoms with van der Waals surface area (Å²) >= 11 is 0. The van der Waals surface area contributed by atoms with Crippen molar-refractivity contribution in [3.63, 3.8) is 0 Å². The first-order valence-corrected chi connectivity index (χ1v) is 8.46. The van der Waals surface area contributed by atoms with Crippen LogP contribution in [0.5, 0.6) is 0 Å². The smallest absolute Gasteiger partial charge is 0.123 e. The van der Waals surface area contributed by atoms with Gasteiger partial charge in [0.2, 0.25) is 0 Å². The third-order valence-electron chi connectivity index (χ3n) is 4.34. The van der Waals surface area contributed by atoms with Crippen molar-refractivity contribution < 1.29 is 4.39 Å². The molecule has 2 rings (SSSR count). The Kier molecular flexibility index (Phi) is 6.94. The van der Waals surface area contributed by atoms with Gasteiger partial charge in [0, 0.05) is 6.04 Å². The predicted octanol–water partition coefficient (Wildman–Crippen LogP) is 5.54. The molecule has 21 heavy (non-hydrogen) atoms. The van der Waals surface area contributed by atoms with Crippen LogP contribution in [0.1, 0.15) is 69.9 Å². The molecule has 1 aromatic carbocycles. The van der Waals surface area contributed by atoms with Gasteiger partial charge in [-0.25, -0.2) is 4.39 Å².